The molecule has 4 nitrogen and oxygen atoms in total. The molecule has 2 rings (SSSR count). The van der Waals surface area contributed by atoms with E-state index in [4.69, 9.17) is 10.2 Å². The van der Waals surface area contributed by atoms with E-state index in [2.05, 4.69) is 10.2 Å². The number of thioether (sulfide) groups is 1. The van der Waals surface area contributed by atoms with E-state index in [9.17, 15) is 0 Å². The summed E-state index contributed by atoms with van der Waals surface area (Å²) in [4.78, 5) is 0. The summed E-state index contributed by atoms with van der Waals surface area (Å²) in [6.07, 6.45) is 1.02. The van der Waals surface area contributed by atoms with Crippen LogP contribution in [-0.4, -0.2) is 22.5 Å². The van der Waals surface area contributed by atoms with Crippen LogP contribution in [-0.2, 0) is 5.75 Å². The van der Waals surface area contributed by atoms with E-state index in [-0.39, 0.29) is 0 Å². The van der Waals surface area contributed by atoms with Crippen LogP contribution in [0.4, 0.5) is 0 Å². The molecule has 1 heterocycles. The van der Waals surface area contributed by atoms with Crippen LogP contribution in [0.2, 0.25) is 0 Å². The fourth-order valence-electron chi connectivity index (χ4n) is 1.35. The first-order valence-corrected chi connectivity index (χ1v) is 6.71. The number of nitrogens with two attached hydrogens (primary N) is 1. The monoisotopic (exact) mass is 249 g/mol. The van der Waals surface area contributed by atoms with Crippen LogP contribution >= 0.6 is 11.8 Å². The first kappa shape index (κ1) is 12.1. The highest BCUT2D eigenvalue weighted by atomic mass is 32.2. The highest BCUT2D eigenvalue weighted by molar-refractivity contribution is 7.98. The summed E-state index contributed by atoms with van der Waals surface area (Å²) in [5, 5.41) is 8.05. The lowest BCUT2D eigenvalue weighted by atomic mass is 10.2. The van der Waals surface area contributed by atoms with Crippen LogP contribution in [0.15, 0.2) is 34.7 Å². The van der Waals surface area contributed by atoms with Gasteiger partial charge in [0.2, 0.25) is 11.8 Å². The largest absolute Gasteiger partial charge is 0.420 e. The van der Waals surface area contributed by atoms with Gasteiger partial charge >= 0.3 is 0 Å². The van der Waals surface area contributed by atoms with Gasteiger partial charge in [0.05, 0.1) is 5.75 Å². The van der Waals surface area contributed by atoms with E-state index in [0.717, 1.165) is 30.0 Å². The Labute approximate surface area is 105 Å². The van der Waals surface area contributed by atoms with E-state index >= 15 is 0 Å². The zero-order chi connectivity index (χ0) is 11.9. The van der Waals surface area contributed by atoms with Crippen LogP contribution in [0.3, 0.4) is 0 Å². The van der Waals surface area contributed by atoms with Crippen molar-refractivity contribution in [1.29, 1.82) is 0 Å². The van der Waals surface area contributed by atoms with E-state index in [1.807, 2.05) is 30.3 Å². The molecule has 2 aromatic rings. The summed E-state index contributed by atoms with van der Waals surface area (Å²) < 4.78 is 5.58. The van der Waals surface area contributed by atoms with E-state index < -0.39 is 0 Å². The van der Waals surface area contributed by atoms with E-state index in [0.29, 0.717) is 11.8 Å². The van der Waals surface area contributed by atoms with Crippen molar-refractivity contribution >= 4 is 11.8 Å². The van der Waals surface area contributed by atoms with Crippen molar-refractivity contribution in [2.75, 3.05) is 12.3 Å². The molecule has 0 spiro atoms. The van der Waals surface area contributed by atoms with Crippen molar-refractivity contribution in [3.8, 4) is 11.5 Å². The second-order valence-corrected chi connectivity index (χ2v) is 4.67. The fraction of sp³-hybridized carbons (Fsp3) is 0.333. The SMILES string of the molecule is NCCCSCc1nnc(-c2ccccc2)o1. The molecule has 0 unspecified atom stereocenters. The summed E-state index contributed by atoms with van der Waals surface area (Å²) in [5.74, 6) is 3.03. The Balaban J connectivity index is 1.92. The highest BCUT2D eigenvalue weighted by Gasteiger charge is 2.07. The number of hydrogen-bond acceptors (Lipinski definition) is 5. The van der Waals surface area contributed by atoms with Gasteiger partial charge in [0.15, 0.2) is 0 Å². The van der Waals surface area contributed by atoms with E-state index in [1.165, 1.54) is 0 Å². The molecule has 0 aliphatic carbocycles. The lowest BCUT2D eigenvalue weighted by molar-refractivity contribution is 0.528. The quantitative estimate of drug-likeness (QED) is 0.796. The van der Waals surface area contributed by atoms with Crippen molar-refractivity contribution in [1.82, 2.24) is 10.2 Å². The maximum atomic E-state index is 5.58. The molecule has 17 heavy (non-hydrogen) atoms. The van der Waals surface area contributed by atoms with Crippen LogP contribution < -0.4 is 5.73 Å². The predicted molar refractivity (Wildman–Crippen MR) is 69.6 cm³/mol. The van der Waals surface area contributed by atoms with Crippen LogP contribution in [0.1, 0.15) is 12.3 Å². The van der Waals surface area contributed by atoms with Gasteiger partial charge in [-0.25, -0.2) is 0 Å². The Morgan fingerprint density at radius 2 is 2.00 bits per heavy atom. The van der Waals surface area contributed by atoms with Gasteiger partial charge in [-0.1, -0.05) is 18.2 Å². The summed E-state index contributed by atoms with van der Waals surface area (Å²) in [6, 6.07) is 9.78. The molecule has 0 atom stereocenters. The summed E-state index contributed by atoms with van der Waals surface area (Å²) in [7, 11) is 0. The number of benzene rings is 1. The molecule has 2 N–H and O–H groups in total. The summed E-state index contributed by atoms with van der Waals surface area (Å²) in [6.45, 7) is 0.728. The topological polar surface area (TPSA) is 64.9 Å². The molecule has 0 fully saturated rings. The number of rotatable bonds is 6. The Kier molecular flexibility index (Phi) is 4.58. The first-order valence-electron chi connectivity index (χ1n) is 5.56. The fourth-order valence-corrected chi connectivity index (χ4v) is 2.16. The van der Waals surface area contributed by atoms with Gasteiger partial charge < -0.3 is 10.2 Å². The third-order valence-corrected chi connectivity index (χ3v) is 3.23. The van der Waals surface area contributed by atoms with Crippen LogP contribution in [0.25, 0.3) is 11.5 Å². The summed E-state index contributed by atoms with van der Waals surface area (Å²) >= 11 is 1.76. The summed E-state index contributed by atoms with van der Waals surface area (Å²) in [5.41, 5.74) is 6.38. The van der Waals surface area contributed by atoms with Crippen LogP contribution in [0.5, 0.6) is 0 Å². The number of nitrogens with zero attached hydrogens (tertiary/aromatic N) is 2. The molecule has 0 aliphatic heterocycles. The van der Waals surface area contributed by atoms with Gasteiger partial charge in [-0.2, -0.15) is 11.8 Å². The Morgan fingerprint density at radius 3 is 2.76 bits per heavy atom. The lowest BCUT2D eigenvalue weighted by Gasteiger charge is -1.95. The maximum absolute atomic E-state index is 5.58. The lowest BCUT2D eigenvalue weighted by Crippen LogP contribution is -1.99. The van der Waals surface area contributed by atoms with Crippen molar-refractivity contribution < 1.29 is 4.42 Å². The van der Waals surface area contributed by atoms with Crippen molar-refractivity contribution in [3.05, 3.63) is 36.2 Å². The zero-order valence-electron chi connectivity index (χ0n) is 9.50. The zero-order valence-corrected chi connectivity index (χ0v) is 10.3. The molecule has 0 amide bonds. The highest BCUT2D eigenvalue weighted by Crippen LogP contribution is 2.19. The first-order chi connectivity index (χ1) is 8.40. The van der Waals surface area contributed by atoms with Crippen molar-refractivity contribution in [2.45, 2.75) is 12.2 Å². The molecular weight excluding hydrogens is 234 g/mol. The molecule has 5 heteroatoms. The van der Waals surface area contributed by atoms with Gasteiger partial charge in [-0.05, 0) is 30.9 Å². The van der Waals surface area contributed by atoms with Crippen molar-refractivity contribution in [2.24, 2.45) is 5.73 Å². The molecule has 0 saturated heterocycles. The van der Waals surface area contributed by atoms with Gasteiger partial charge in [-0.3, -0.25) is 0 Å². The number of aromatic nitrogens is 2. The third kappa shape index (κ3) is 3.57. The maximum Gasteiger partial charge on any atom is 0.247 e. The van der Waals surface area contributed by atoms with Gasteiger partial charge in [0.1, 0.15) is 0 Å². The minimum Gasteiger partial charge on any atom is -0.420 e. The second-order valence-electron chi connectivity index (χ2n) is 3.56. The Hall–Kier alpha value is -1.33. The average Bonchev–Trinajstić information content (AvgIpc) is 2.85. The third-order valence-electron chi connectivity index (χ3n) is 2.21. The van der Waals surface area contributed by atoms with E-state index in [1.54, 1.807) is 11.8 Å². The molecule has 0 aliphatic rings. The predicted octanol–water partition coefficient (Wildman–Crippen LogP) is 2.32. The van der Waals surface area contributed by atoms with Gasteiger partial charge in [0, 0.05) is 5.56 Å². The van der Waals surface area contributed by atoms with Crippen molar-refractivity contribution in [3.63, 3.8) is 0 Å². The second kappa shape index (κ2) is 6.42. The minimum atomic E-state index is 0.583. The Bertz CT molecular complexity index is 444. The Morgan fingerprint density at radius 1 is 1.18 bits per heavy atom. The molecular formula is C12H15N3OS. The van der Waals surface area contributed by atoms with Crippen LogP contribution in [0, 0.1) is 0 Å². The average molecular weight is 249 g/mol. The standard InChI is InChI=1S/C12H15N3OS/c13-7-4-8-17-9-11-14-15-12(16-11)10-5-2-1-3-6-10/h1-3,5-6H,4,7-9,13H2. The van der Waals surface area contributed by atoms with Gasteiger partial charge in [0.25, 0.3) is 0 Å². The molecule has 90 valence electrons. The molecule has 1 aromatic heterocycles. The molecule has 0 radical (unpaired) electrons. The molecule has 0 saturated carbocycles. The molecule has 0 bridgehead atoms. The number of hydrogen-bond donors (Lipinski definition) is 1. The smallest absolute Gasteiger partial charge is 0.247 e. The normalized spacial score (nSPS) is 10.6. The molecule has 1 aromatic carbocycles. The van der Waals surface area contributed by atoms with Gasteiger partial charge in [-0.15, -0.1) is 10.2 Å². The minimum absolute atomic E-state index is 0.583.